The number of aliphatic carboxylic acids is 1. The zero-order chi connectivity index (χ0) is 30.8. The summed E-state index contributed by atoms with van der Waals surface area (Å²) in [6.07, 6.45) is 2.91. The molecule has 1 aliphatic carbocycles. The van der Waals surface area contributed by atoms with Gasteiger partial charge in [0.1, 0.15) is 6.04 Å². The molecule has 1 aliphatic heterocycles. The minimum Gasteiger partial charge on any atom is -0.475 e. The molecule has 0 unspecified atom stereocenters. The van der Waals surface area contributed by atoms with Crippen LogP contribution in [0.2, 0.25) is 5.15 Å². The summed E-state index contributed by atoms with van der Waals surface area (Å²) >= 11 is 6.73. The van der Waals surface area contributed by atoms with Crippen LogP contribution in [0.25, 0.3) is 10.9 Å². The lowest BCUT2D eigenvalue weighted by Crippen LogP contribution is -2.36. The standard InChI is InChI=1S/C27H27ClN6O2.C2HF3O2/c28-23-22-27(9-4-5-10-27)13-21(25(35)31-16-19-12-18-15-29-11-8-20(18)32-19)34(22)26(36)24(33-23)30-14-17-6-2-1-3-7-17;3-2(4,5)1(6)7/h1-3,6-8,11-12,15,21,32H,4-5,9-10,13-14,16H2,(H,30,33)(H,31,35);(H,6,7)/t21-;/m0./s1. The van der Waals surface area contributed by atoms with Crippen LogP contribution in [0.1, 0.15) is 55.1 Å². The van der Waals surface area contributed by atoms with Gasteiger partial charge in [0.2, 0.25) is 5.91 Å². The first-order chi connectivity index (χ1) is 20.5. The highest BCUT2D eigenvalue weighted by molar-refractivity contribution is 6.30. The second-order valence-corrected chi connectivity index (χ2v) is 11.0. The molecule has 2 aliphatic rings. The molecular formula is C29H28ClF3N6O4. The molecule has 226 valence electrons. The van der Waals surface area contributed by atoms with Gasteiger partial charge in [0, 0.05) is 41.0 Å². The minimum atomic E-state index is -5.08. The maximum atomic E-state index is 13.7. The van der Waals surface area contributed by atoms with Crippen molar-refractivity contribution in [2.75, 3.05) is 5.32 Å². The molecule has 0 saturated heterocycles. The molecule has 1 spiro atoms. The summed E-state index contributed by atoms with van der Waals surface area (Å²) in [6, 6.07) is 13.0. The van der Waals surface area contributed by atoms with E-state index in [1.165, 1.54) is 0 Å². The average molecular weight is 617 g/mol. The smallest absolute Gasteiger partial charge is 0.475 e. The van der Waals surface area contributed by atoms with Crippen molar-refractivity contribution >= 4 is 40.2 Å². The van der Waals surface area contributed by atoms with Gasteiger partial charge in [0.25, 0.3) is 5.56 Å². The molecule has 10 nitrogen and oxygen atoms in total. The first kappa shape index (κ1) is 30.1. The number of hydrogen-bond acceptors (Lipinski definition) is 6. The predicted octanol–water partition coefficient (Wildman–Crippen LogP) is 5.09. The van der Waals surface area contributed by atoms with E-state index in [9.17, 15) is 22.8 Å². The molecule has 4 N–H and O–H groups in total. The number of alkyl halides is 3. The number of H-pyrrole nitrogens is 1. The number of rotatable bonds is 6. The van der Waals surface area contributed by atoms with Gasteiger partial charge in [-0.2, -0.15) is 13.2 Å². The fourth-order valence-electron chi connectivity index (χ4n) is 5.87. The number of pyridine rings is 1. The fraction of sp³-hybridized carbons (Fsp3) is 0.345. The molecule has 0 radical (unpaired) electrons. The largest absolute Gasteiger partial charge is 0.490 e. The molecule has 1 aromatic carbocycles. The number of anilines is 1. The molecule has 1 atom stereocenters. The molecule has 4 heterocycles. The molecule has 0 bridgehead atoms. The lowest BCUT2D eigenvalue weighted by atomic mass is 9.80. The number of carboxylic acid groups (broad SMARTS) is 1. The Morgan fingerprint density at radius 3 is 2.49 bits per heavy atom. The highest BCUT2D eigenvalue weighted by atomic mass is 35.5. The summed E-state index contributed by atoms with van der Waals surface area (Å²) in [5, 5.41) is 14.6. The lowest BCUT2D eigenvalue weighted by molar-refractivity contribution is -0.192. The van der Waals surface area contributed by atoms with E-state index in [-0.39, 0.29) is 22.7 Å². The van der Waals surface area contributed by atoms with Gasteiger partial charge in [-0.1, -0.05) is 54.8 Å². The van der Waals surface area contributed by atoms with E-state index < -0.39 is 18.2 Å². The van der Waals surface area contributed by atoms with Crippen LogP contribution in [-0.4, -0.2) is 42.7 Å². The third-order valence-corrected chi connectivity index (χ3v) is 8.07. The van der Waals surface area contributed by atoms with Gasteiger partial charge in [-0.05, 0) is 37.0 Å². The number of halogens is 4. The monoisotopic (exact) mass is 616 g/mol. The number of aromatic nitrogens is 4. The predicted molar refractivity (Wildman–Crippen MR) is 153 cm³/mol. The van der Waals surface area contributed by atoms with Crippen LogP contribution >= 0.6 is 11.6 Å². The number of nitrogens with zero attached hydrogens (tertiary/aromatic N) is 3. The molecule has 1 amide bonds. The van der Waals surface area contributed by atoms with Gasteiger partial charge < -0.3 is 20.7 Å². The zero-order valence-corrected chi connectivity index (χ0v) is 23.5. The Bertz CT molecular complexity index is 1670. The zero-order valence-electron chi connectivity index (χ0n) is 22.7. The summed E-state index contributed by atoms with van der Waals surface area (Å²) in [4.78, 5) is 48.0. The van der Waals surface area contributed by atoms with E-state index in [4.69, 9.17) is 21.5 Å². The van der Waals surface area contributed by atoms with Crippen LogP contribution in [0.4, 0.5) is 19.0 Å². The number of nitrogens with one attached hydrogen (secondary N) is 3. The second kappa shape index (κ2) is 12.1. The van der Waals surface area contributed by atoms with Crippen molar-refractivity contribution in [2.45, 2.75) is 62.8 Å². The Labute approximate surface area is 248 Å². The summed E-state index contributed by atoms with van der Waals surface area (Å²) in [5.74, 6) is -2.77. The summed E-state index contributed by atoms with van der Waals surface area (Å²) < 4.78 is 33.3. The topological polar surface area (TPSA) is 142 Å². The Morgan fingerprint density at radius 2 is 1.84 bits per heavy atom. The molecule has 3 aromatic heterocycles. The van der Waals surface area contributed by atoms with E-state index in [2.05, 4.69) is 25.6 Å². The number of fused-ring (bicyclic) bond motifs is 3. The van der Waals surface area contributed by atoms with Gasteiger partial charge in [-0.15, -0.1) is 0 Å². The van der Waals surface area contributed by atoms with E-state index in [0.29, 0.717) is 30.4 Å². The maximum Gasteiger partial charge on any atom is 0.490 e. The minimum absolute atomic E-state index is 0.170. The number of hydrogen-bond donors (Lipinski definition) is 4. The first-order valence-electron chi connectivity index (χ1n) is 13.6. The van der Waals surface area contributed by atoms with Crippen LogP contribution in [0, 0.1) is 0 Å². The molecule has 1 saturated carbocycles. The van der Waals surface area contributed by atoms with Crippen molar-refractivity contribution in [3.8, 4) is 0 Å². The van der Waals surface area contributed by atoms with Crippen LogP contribution < -0.4 is 16.2 Å². The highest BCUT2D eigenvalue weighted by Gasteiger charge is 2.50. The molecule has 6 rings (SSSR count). The lowest BCUT2D eigenvalue weighted by Gasteiger charge is -2.23. The Kier molecular flexibility index (Phi) is 8.45. The third-order valence-electron chi connectivity index (χ3n) is 7.80. The van der Waals surface area contributed by atoms with Crippen molar-refractivity contribution in [1.82, 2.24) is 24.8 Å². The summed E-state index contributed by atoms with van der Waals surface area (Å²) in [5.41, 5.74) is 3.00. The average Bonchev–Trinajstić information content (AvgIpc) is 3.71. The van der Waals surface area contributed by atoms with E-state index in [1.807, 2.05) is 42.5 Å². The van der Waals surface area contributed by atoms with E-state index in [1.54, 1.807) is 17.0 Å². The van der Waals surface area contributed by atoms with Crippen LogP contribution in [0.15, 0.2) is 59.7 Å². The Balaban J connectivity index is 0.000000472. The highest BCUT2D eigenvalue weighted by Crippen LogP contribution is 2.52. The third kappa shape index (κ3) is 6.36. The Morgan fingerprint density at radius 1 is 1.14 bits per heavy atom. The fourth-order valence-corrected chi connectivity index (χ4v) is 6.25. The van der Waals surface area contributed by atoms with Gasteiger partial charge >= 0.3 is 12.1 Å². The normalized spacial score (nSPS) is 16.9. The van der Waals surface area contributed by atoms with Crippen molar-refractivity contribution in [3.05, 3.63) is 87.3 Å². The van der Waals surface area contributed by atoms with Gasteiger partial charge in [0.15, 0.2) is 11.0 Å². The maximum absolute atomic E-state index is 13.7. The van der Waals surface area contributed by atoms with Crippen molar-refractivity contribution in [2.24, 2.45) is 0 Å². The van der Waals surface area contributed by atoms with Crippen LogP contribution in [0.5, 0.6) is 0 Å². The quantitative estimate of drug-likeness (QED) is 0.236. The van der Waals surface area contributed by atoms with Gasteiger partial charge in [-0.25, -0.2) is 9.78 Å². The summed E-state index contributed by atoms with van der Waals surface area (Å²) in [6.45, 7) is 0.773. The van der Waals surface area contributed by atoms with E-state index in [0.717, 1.165) is 47.8 Å². The summed E-state index contributed by atoms with van der Waals surface area (Å²) in [7, 11) is 0. The molecular weight excluding hydrogens is 589 g/mol. The molecule has 14 heteroatoms. The Hall–Kier alpha value is -4.39. The molecule has 4 aromatic rings. The van der Waals surface area contributed by atoms with Gasteiger partial charge in [-0.3, -0.25) is 19.1 Å². The van der Waals surface area contributed by atoms with E-state index >= 15 is 0 Å². The molecule has 43 heavy (non-hydrogen) atoms. The van der Waals surface area contributed by atoms with Gasteiger partial charge in [0.05, 0.1) is 12.2 Å². The number of benzene rings is 1. The first-order valence-corrected chi connectivity index (χ1v) is 14.0. The van der Waals surface area contributed by atoms with Crippen LogP contribution in [0.3, 0.4) is 0 Å². The number of aromatic amines is 1. The SMILES string of the molecule is O=C(NCc1cc2cnccc2[nH]1)[C@@H]1CC2(CCCC2)c2c(Cl)nc(NCc3ccccc3)c(=O)n21.O=C(O)C(F)(F)F. The van der Waals surface area contributed by atoms with Crippen molar-refractivity contribution in [3.63, 3.8) is 0 Å². The number of amides is 1. The van der Waals surface area contributed by atoms with Crippen molar-refractivity contribution < 1.29 is 27.9 Å². The van der Waals surface area contributed by atoms with Crippen LogP contribution in [-0.2, 0) is 28.1 Å². The van der Waals surface area contributed by atoms with Crippen molar-refractivity contribution in [1.29, 1.82) is 0 Å². The number of carbonyl (C=O) groups excluding carboxylic acids is 1. The number of carbonyl (C=O) groups is 2. The molecule has 1 fully saturated rings. The number of carboxylic acids is 1. The second-order valence-electron chi connectivity index (χ2n) is 10.6.